The number of hydrogen-bond acceptors (Lipinski definition) is 4. The van der Waals surface area contributed by atoms with Gasteiger partial charge in [-0.1, -0.05) is 0 Å². The van der Waals surface area contributed by atoms with Crippen LogP contribution in [0.5, 0.6) is 0 Å². The topological polar surface area (TPSA) is 97.1 Å². The Morgan fingerprint density at radius 1 is 1.04 bits per heavy atom. The number of nitrogens with zero attached hydrogens (tertiary/aromatic N) is 1. The summed E-state index contributed by atoms with van der Waals surface area (Å²) in [5.41, 5.74) is 2.31. The Bertz CT molecular complexity index is 1260. The van der Waals surface area contributed by atoms with Gasteiger partial charge in [-0.15, -0.1) is 0 Å². The number of hydrogen-bond donors (Lipinski definition) is 2. The number of nitrogens with one attached hydrogen (secondary N) is 2. The smallest absolute Gasteiger partial charge is 0.336 e. The number of imidazole rings is 1. The molecule has 27 heavy (non-hydrogen) atoms. The summed E-state index contributed by atoms with van der Waals surface area (Å²) in [6.45, 7) is 1.82. The predicted molar refractivity (Wildman–Crippen MR) is 102 cm³/mol. The monoisotopic (exact) mass is 361 g/mol. The molecule has 7 nitrogen and oxygen atoms in total. The van der Waals surface area contributed by atoms with Gasteiger partial charge in [-0.3, -0.25) is 9.36 Å². The van der Waals surface area contributed by atoms with E-state index in [4.69, 9.17) is 4.42 Å². The molecule has 1 amide bonds. The van der Waals surface area contributed by atoms with Crippen molar-refractivity contribution in [2.24, 2.45) is 0 Å². The molecule has 0 atom stereocenters. The van der Waals surface area contributed by atoms with E-state index in [0.29, 0.717) is 27.9 Å². The second kappa shape index (κ2) is 6.45. The summed E-state index contributed by atoms with van der Waals surface area (Å²) >= 11 is 0. The molecule has 2 N–H and O–H groups in total. The minimum Gasteiger partial charge on any atom is -0.423 e. The van der Waals surface area contributed by atoms with E-state index in [9.17, 15) is 14.4 Å². The SMILES string of the molecule is Cc1c[nH]c(=O)n1-c1ccc(C(=O)Nc2ccc3oc(=O)ccc3c2)cc1. The number of rotatable bonds is 3. The summed E-state index contributed by atoms with van der Waals surface area (Å²) in [7, 11) is 0. The minimum absolute atomic E-state index is 0.229. The normalized spacial score (nSPS) is 10.9. The van der Waals surface area contributed by atoms with E-state index < -0.39 is 5.63 Å². The molecule has 134 valence electrons. The summed E-state index contributed by atoms with van der Waals surface area (Å²) in [5.74, 6) is -0.281. The highest BCUT2D eigenvalue weighted by Gasteiger charge is 2.09. The lowest BCUT2D eigenvalue weighted by atomic mass is 10.1. The van der Waals surface area contributed by atoms with E-state index in [2.05, 4.69) is 10.3 Å². The van der Waals surface area contributed by atoms with Crippen LogP contribution < -0.4 is 16.6 Å². The van der Waals surface area contributed by atoms with Crippen LogP contribution >= 0.6 is 0 Å². The van der Waals surface area contributed by atoms with Crippen LogP contribution in [0.4, 0.5) is 5.69 Å². The van der Waals surface area contributed by atoms with Crippen molar-refractivity contribution < 1.29 is 9.21 Å². The Balaban J connectivity index is 1.57. The molecule has 2 aromatic heterocycles. The number of carbonyl (C=O) groups excluding carboxylic acids is 1. The highest BCUT2D eigenvalue weighted by molar-refractivity contribution is 6.05. The quantitative estimate of drug-likeness (QED) is 0.548. The molecular formula is C20H15N3O4. The fourth-order valence-corrected chi connectivity index (χ4v) is 2.89. The second-order valence-corrected chi connectivity index (χ2v) is 6.08. The molecule has 2 heterocycles. The lowest BCUT2D eigenvalue weighted by molar-refractivity contribution is 0.102. The van der Waals surface area contributed by atoms with Gasteiger partial charge in [0.2, 0.25) is 0 Å². The summed E-state index contributed by atoms with van der Waals surface area (Å²) in [5, 5.41) is 3.52. The summed E-state index contributed by atoms with van der Waals surface area (Å²) in [6, 6.07) is 14.7. The van der Waals surface area contributed by atoms with Crippen molar-refractivity contribution in [3.8, 4) is 5.69 Å². The Morgan fingerprint density at radius 2 is 1.81 bits per heavy atom. The average Bonchev–Trinajstić information content (AvgIpc) is 3.00. The molecule has 0 saturated heterocycles. The van der Waals surface area contributed by atoms with Crippen LogP contribution in [-0.4, -0.2) is 15.5 Å². The molecule has 4 rings (SSSR count). The minimum atomic E-state index is -0.420. The first-order valence-electron chi connectivity index (χ1n) is 8.24. The molecular weight excluding hydrogens is 346 g/mol. The summed E-state index contributed by atoms with van der Waals surface area (Å²) < 4.78 is 6.60. The second-order valence-electron chi connectivity index (χ2n) is 6.08. The highest BCUT2D eigenvalue weighted by Crippen LogP contribution is 2.19. The molecule has 0 spiro atoms. The molecule has 0 fully saturated rings. The molecule has 0 aliphatic carbocycles. The third-order valence-electron chi connectivity index (χ3n) is 4.23. The number of carbonyl (C=O) groups is 1. The third-order valence-corrected chi connectivity index (χ3v) is 4.23. The fourth-order valence-electron chi connectivity index (χ4n) is 2.89. The van der Waals surface area contributed by atoms with Gasteiger partial charge in [-0.25, -0.2) is 9.59 Å². The van der Waals surface area contributed by atoms with Gasteiger partial charge < -0.3 is 14.7 Å². The van der Waals surface area contributed by atoms with Gasteiger partial charge in [0.05, 0.1) is 5.69 Å². The Hall–Kier alpha value is -3.87. The number of benzene rings is 2. The van der Waals surface area contributed by atoms with E-state index in [-0.39, 0.29) is 11.6 Å². The molecule has 0 aliphatic heterocycles. The lowest BCUT2D eigenvalue weighted by Crippen LogP contribution is -2.16. The molecule has 4 aromatic rings. The van der Waals surface area contributed by atoms with E-state index in [1.54, 1.807) is 54.7 Å². The maximum absolute atomic E-state index is 12.5. The van der Waals surface area contributed by atoms with Crippen molar-refractivity contribution in [3.63, 3.8) is 0 Å². The standard InChI is InChI=1S/C20H15N3O4/c1-12-11-21-20(26)23(12)16-6-2-13(3-7-16)19(25)22-15-5-8-17-14(10-15)4-9-18(24)27-17/h2-11H,1H3,(H,21,26)(H,22,25). The van der Waals surface area contributed by atoms with Crippen molar-refractivity contribution in [2.45, 2.75) is 6.92 Å². The first kappa shape index (κ1) is 16.6. The maximum Gasteiger partial charge on any atom is 0.336 e. The van der Waals surface area contributed by atoms with Crippen molar-refractivity contribution >= 4 is 22.6 Å². The number of anilines is 1. The summed E-state index contributed by atoms with van der Waals surface area (Å²) in [6.07, 6.45) is 1.63. The van der Waals surface area contributed by atoms with Gasteiger partial charge in [0, 0.05) is 34.6 Å². The molecule has 0 unspecified atom stereocenters. The van der Waals surface area contributed by atoms with Crippen molar-refractivity contribution in [1.29, 1.82) is 0 Å². The lowest BCUT2D eigenvalue weighted by Gasteiger charge is -2.08. The van der Waals surface area contributed by atoms with Gasteiger partial charge in [0.25, 0.3) is 5.91 Å². The summed E-state index contributed by atoms with van der Waals surface area (Å²) in [4.78, 5) is 38.2. The zero-order valence-electron chi connectivity index (χ0n) is 14.4. The highest BCUT2D eigenvalue weighted by atomic mass is 16.4. The van der Waals surface area contributed by atoms with E-state index in [1.165, 1.54) is 10.6 Å². The number of aromatic nitrogens is 2. The van der Waals surface area contributed by atoms with Crippen molar-refractivity contribution in [2.75, 3.05) is 5.32 Å². The van der Waals surface area contributed by atoms with Crippen molar-refractivity contribution in [3.05, 3.63) is 93.0 Å². The van der Waals surface area contributed by atoms with Crippen LogP contribution in [0.25, 0.3) is 16.7 Å². The van der Waals surface area contributed by atoms with Crippen LogP contribution in [0.2, 0.25) is 0 Å². The first-order chi connectivity index (χ1) is 13.0. The third kappa shape index (κ3) is 3.18. The molecule has 0 saturated carbocycles. The van der Waals surface area contributed by atoms with E-state index >= 15 is 0 Å². The number of amides is 1. The Labute approximate surface area is 152 Å². The fraction of sp³-hybridized carbons (Fsp3) is 0.0500. The molecule has 0 radical (unpaired) electrons. The number of H-pyrrole nitrogens is 1. The Kier molecular flexibility index (Phi) is 3.97. The zero-order chi connectivity index (χ0) is 19.0. The largest absolute Gasteiger partial charge is 0.423 e. The maximum atomic E-state index is 12.5. The Morgan fingerprint density at radius 3 is 2.52 bits per heavy atom. The molecule has 2 aromatic carbocycles. The van der Waals surface area contributed by atoms with Gasteiger partial charge in [0.1, 0.15) is 5.58 Å². The van der Waals surface area contributed by atoms with Crippen LogP contribution in [0.15, 0.2) is 74.8 Å². The van der Waals surface area contributed by atoms with Crippen LogP contribution in [0.1, 0.15) is 16.1 Å². The number of aryl methyl sites for hydroxylation is 1. The van der Waals surface area contributed by atoms with Crippen LogP contribution in [0, 0.1) is 6.92 Å². The molecule has 0 aliphatic rings. The number of fused-ring (bicyclic) bond motifs is 1. The van der Waals surface area contributed by atoms with Crippen LogP contribution in [-0.2, 0) is 0 Å². The number of aromatic amines is 1. The van der Waals surface area contributed by atoms with Crippen LogP contribution in [0.3, 0.4) is 0 Å². The van der Waals surface area contributed by atoms with Gasteiger partial charge in [0.15, 0.2) is 0 Å². The average molecular weight is 361 g/mol. The van der Waals surface area contributed by atoms with Crippen molar-refractivity contribution in [1.82, 2.24) is 9.55 Å². The van der Waals surface area contributed by atoms with Gasteiger partial charge >= 0.3 is 11.3 Å². The first-order valence-corrected chi connectivity index (χ1v) is 8.24. The van der Waals surface area contributed by atoms with E-state index in [1.807, 2.05) is 6.92 Å². The predicted octanol–water partition coefficient (Wildman–Crippen LogP) is 2.83. The van der Waals surface area contributed by atoms with Gasteiger partial charge in [-0.2, -0.15) is 0 Å². The molecule has 0 bridgehead atoms. The zero-order valence-corrected chi connectivity index (χ0v) is 14.4. The van der Waals surface area contributed by atoms with Gasteiger partial charge in [-0.05, 0) is 55.5 Å². The van der Waals surface area contributed by atoms with E-state index in [0.717, 1.165) is 5.69 Å². The molecule has 7 heteroatoms.